The Morgan fingerprint density at radius 3 is 2.62 bits per heavy atom. The zero-order valence-corrected chi connectivity index (χ0v) is 13.9. The topological polar surface area (TPSA) is 27.7 Å². The van der Waals surface area contributed by atoms with Crippen LogP contribution in [0.15, 0.2) is 12.1 Å². The van der Waals surface area contributed by atoms with E-state index >= 15 is 0 Å². The highest BCUT2D eigenvalue weighted by Crippen LogP contribution is 2.41. The van der Waals surface area contributed by atoms with Gasteiger partial charge in [0.15, 0.2) is 11.5 Å². The van der Waals surface area contributed by atoms with Crippen molar-refractivity contribution in [3.05, 3.63) is 23.3 Å². The maximum Gasteiger partial charge on any atom is 0.161 e. The van der Waals surface area contributed by atoms with Crippen LogP contribution in [0.1, 0.15) is 43.4 Å². The highest BCUT2D eigenvalue weighted by Gasteiger charge is 2.29. The maximum absolute atomic E-state index is 6.09. The fraction of sp³-hybridized carbons (Fsp3) is 0.647. The molecule has 0 N–H and O–H groups in total. The van der Waals surface area contributed by atoms with E-state index in [9.17, 15) is 0 Å². The minimum Gasteiger partial charge on any atom is -0.493 e. The first kappa shape index (κ1) is 16.4. The van der Waals surface area contributed by atoms with Crippen LogP contribution in [0.25, 0.3) is 0 Å². The maximum atomic E-state index is 6.09. The third-order valence-electron chi connectivity index (χ3n) is 4.28. The summed E-state index contributed by atoms with van der Waals surface area (Å²) in [5, 5.41) is 0. The Kier molecular flexibility index (Phi) is 6.19. The summed E-state index contributed by atoms with van der Waals surface area (Å²) in [7, 11) is 3.35. The molecule has 2 atom stereocenters. The average Bonchev–Trinajstić information content (AvgIpc) is 2.54. The van der Waals surface area contributed by atoms with Crippen LogP contribution in [0.5, 0.6) is 11.5 Å². The highest BCUT2D eigenvalue weighted by atomic mass is 35.5. The van der Waals surface area contributed by atoms with Crippen LogP contribution >= 0.6 is 11.6 Å². The monoisotopic (exact) mass is 312 g/mol. The van der Waals surface area contributed by atoms with Crippen molar-refractivity contribution in [2.24, 2.45) is 5.92 Å². The molecule has 0 spiro atoms. The predicted octanol–water partition coefficient (Wildman–Crippen LogP) is 4.36. The van der Waals surface area contributed by atoms with E-state index in [1.54, 1.807) is 14.2 Å². The molecule has 2 rings (SSSR count). The third kappa shape index (κ3) is 3.64. The standard InChI is InChI=1S/C17H25ClO3/c1-4-12(6-5-8-18)17-14-11-16(20-3)15(19-2)10-13(14)7-9-21-17/h10-12,17H,4-9H2,1-3H3. The van der Waals surface area contributed by atoms with Gasteiger partial charge in [0.05, 0.1) is 26.9 Å². The molecule has 0 saturated carbocycles. The van der Waals surface area contributed by atoms with Crippen molar-refractivity contribution < 1.29 is 14.2 Å². The molecule has 1 aliphatic rings. The molecular weight excluding hydrogens is 288 g/mol. The molecule has 1 aliphatic heterocycles. The van der Waals surface area contributed by atoms with Gasteiger partial charge in [0.25, 0.3) is 0 Å². The molecule has 0 aromatic heterocycles. The quantitative estimate of drug-likeness (QED) is 0.700. The molecule has 1 aromatic carbocycles. The first-order valence-electron chi connectivity index (χ1n) is 7.67. The van der Waals surface area contributed by atoms with Crippen molar-refractivity contribution in [2.75, 3.05) is 26.7 Å². The molecular formula is C17H25ClO3. The second-order valence-electron chi connectivity index (χ2n) is 5.45. The summed E-state index contributed by atoms with van der Waals surface area (Å²) in [6, 6.07) is 4.18. The van der Waals surface area contributed by atoms with Gasteiger partial charge < -0.3 is 14.2 Å². The number of hydrogen-bond acceptors (Lipinski definition) is 3. The fourth-order valence-corrected chi connectivity index (χ4v) is 3.26. The van der Waals surface area contributed by atoms with E-state index in [1.165, 1.54) is 11.1 Å². The van der Waals surface area contributed by atoms with E-state index < -0.39 is 0 Å². The summed E-state index contributed by atoms with van der Waals surface area (Å²) in [4.78, 5) is 0. The number of halogens is 1. The van der Waals surface area contributed by atoms with Crippen molar-refractivity contribution in [1.82, 2.24) is 0 Å². The number of fused-ring (bicyclic) bond motifs is 1. The lowest BCUT2D eigenvalue weighted by Crippen LogP contribution is -2.23. The van der Waals surface area contributed by atoms with Gasteiger partial charge in [-0.1, -0.05) is 13.3 Å². The molecule has 0 bridgehead atoms. The van der Waals surface area contributed by atoms with Crippen LogP contribution in [-0.4, -0.2) is 26.7 Å². The van der Waals surface area contributed by atoms with E-state index in [0.717, 1.165) is 43.8 Å². The lowest BCUT2D eigenvalue weighted by atomic mass is 9.85. The Morgan fingerprint density at radius 2 is 2.00 bits per heavy atom. The molecule has 4 heteroatoms. The molecule has 0 amide bonds. The molecule has 118 valence electrons. The van der Waals surface area contributed by atoms with Gasteiger partial charge in [0.1, 0.15) is 0 Å². The Balaban J connectivity index is 2.32. The molecule has 0 saturated heterocycles. The molecule has 1 aromatic rings. The Hall–Kier alpha value is -0.930. The second kappa shape index (κ2) is 7.90. The first-order valence-corrected chi connectivity index (χ1v) is 8.20. The normalized spacial score (nSPS) is 19.0. The summed E-state index contributed by atoms with van der Waals surface area (Å²) in [5.41, 5.74) is 2.56. The SMILES string of the molecule is CCC(CCCCl)C1OCCc2cc(OC)c(OC)cc21. The van der Waals surface area contributed by atoms with Gasteiger partial charge in [-0.05, 0) is 48.4 Å². The molecule has 3 nitrogen and oxygen atoms in total. The molecule has 0 fully saturated rings. The zero-order chi connectivity index (χ0) is 15.2. The molecule has 0 aliphatic carbocycles. The Bertz CT molecular complexity index is 462. The van der Waals surface area contributed by atoms with Crippen molar-refractivity contribution >= 4 is 11.6 Å². The van der Waals surface area contributed by atoms with Crippen LogP contribution in [0, 0.1) is 5.92 Å². The van der Waals surface area contributed by atoms with Gasteiger partial charge in [-0.25, -0.2) is 0 Å². The summed E-state index contributed by atoms with van der Waals surface area (Å²) < 4.78 is 16.9. The van der Waals surface area contributed by atoms with Gasteiger partial charge in [-0.2, -0.15) is 0 Å². The zero-order valence-electron chi connectivity index (χ0n) is 13.2. The number of ether oxygens (including phenoxy) is 3. The number of methoxy groups -OCH3 is 2. The first-order chi connectivity index (χ1) is 10.2. The summed E-state index contributed by atoms with van der Waals surface area (Å²) in [5.74, 6) is 2.78. The van der Waals surface area contributed by atoms with Crippen LogP contribution in [0.3, 0.4) is 0 Å². The number of benzene rings is 1. The lowest BCUT2D eigenvalue weighted by Gasteiger charge is -2.32. The van der Waals surface area contributed by atoms with Gasteiger partial charge >= 0.3 is 0 Å². The Morgan fingerprint density at radius 1 is 1.29 bits per heavy atom. The van der Waals surface area contributed by atoms with Gasteiger partial charge in [-0.3, -0.25) is 0 Å². The predicted molar refractivity (Wildman–Crippen MR) is 85.7 cm³/mol. The number of rotatable bonds is 7. The largest absolute Gasteiger partial charge is 0.493 e. The summed E-state index contributed by atoms with van der Waals surface area (Å²) in [6.45, 7) is 2.99. The van der Waals surface area contributed by atoms with Crippen LogP contribution in [0.2, 0.25) is 0 Å². The van der Waals surface area contributed by atoms with Crippen LogP contribution in [0.4, 0.5) is 0 Å². The van der Waals surface area contributed by atoms with E-state index in [0.29, 0.717) is 11.8 Å². The van der Waals surface area contributed by atoms with E-state index in [2.05, 4.69) is 19.1 Å². The number of alkyl halides is 1. The van der Waals surface area contributed by atoms with Crippen molar-refractivity contribution in [1.29, 1.82) is 0 Å². The number of hydrogen-bond donors (Lipinski definition) is 0. The highest BCUT2D eigenvalue weighted by molar-refractivity contribution is 6.17. The molecule has 1 heterocycles. The molecule has 21 heavy (non-hydrogen) atoms. The molecule has 0 radical (unpaired) electrons. The van der Waals surface area contributed by atoms with Crippen molar-refractivity contribution in [3.63, 3.8) is 0 Å². The second-order valence-corrected chi connectivity index (χ2v) is 5.82. The van der Waals surface area contributed by atoms with E-state index in [1.807, 2.05) is 0 Å². The van der Waals surface area contributed by atoms with Gasteiger partial charge in [0.2, 0.25) is 0 Å². The average molecular weight is 313 g/mol. The minimum absolute atomic E-state index is 0.141. The molecule has 2 unspecified atom stereocenters. The smallest absolute Gasteiger partial charge is 0.161 e. The Labute approximate surface area is 132 Å². The fourth-order valence-electron chi connectivity index (χ4n) is 3.10. The minimum atomic E-state index is 0.141. The van der Waals surface area contributed by atoms with Crippen molar-refractivity contribution in [2.45, 2.75) is 38.7 Å². The van der Waals surface area contributed by atoms with Gasteiger partial charge in [-0.15, -0.1) is 11.6 Å². The van der Waals surface area contributed by atoms with Crippen LogP contribution in [-0.2, 0) is 11.2 Å². The lowest BCUT2D eigenvalue weighted by molar-refractivity contribution is -0.00329. The third-order valence-corrected chi connectivity index (χ3v) is 4.55. The summed E-state index contributed by atoms with van der Waals surface area (Å²) >= 11 is 5.85. The van der Waals surface area contributed by atoms with E-state index in [-0.39, 0.29) is 6.10 Å². The summed E-state index contributed by atoms with van der Waals surface area (Å²) in [6.07, 6.45) is 4.29. The van der Waals surface area contributed by atoms with Gasteiger partial charge in [0, 0.05) is 5.88 Å². The van der Waals surface area contributed by atoms with Crippen LogP contribution < -0.4 is 9.47 Å². The van der Waals surface area contributed by atoms with Crippen molar-refractivity contribution in [3.8, 4) is 11.5 Å². The van der Waals surface area contributed by atoms with E-state index in [4.69, 9.17) is 25.8 Å².